The molecule has 9 nitrogen and oxygen atoms in total. The van der Waals surface area contributed by atoms with Crippen LogP contribution in [0.2, 0.25) is 0 Å². The van der Waals surface area contributed by atoms with E-state index in [0.29, 0.717) is 16.8 Å². The van der Waals surface area contributed by atoms with Crippen LogP contribution >= 0.6 is 0 Å². The standard InChI is InChI=1S/C23H24N6O3/c1-16(2)29(21(30)15-28-20-8-4-3-7-19(20)26-27-28)22(17-9-11-24-12-10-17)23(31)25-14-18-6-5-13-32-18/h3-13,16,22H,14-15H2,1-2H3,(H,25,31)/t22-/m1/s1. The van der Waals surface area contributed by atoms with Crippen LogP contribution in [0.3, 0.4) is 0 Å². The molecule has 32 heavy (non-hydrogen) atoms. The maximum Gasteiger partial charge on any atom is 0.247 e. The van der Waals surface area contributed by atoms with Crippen LogP contribution in [0.15, 0.2) is 71.6 Å². The Balaban J connectivity index is 1.62. The average Bonchev–Trinajstić information content (AvgIpc) is 3.46. The molecule has 0 bridgehead atoms. The third-order valence-corrected chi connectivity index (χ3v) is 5.11. The normalized spacial score (nSPS) is 12.1. The summed E-state index contributed by atoms with van der Waals surface area (Å²) in [6.07, 6.45) is 4.76. The van der Waals surface area contributed by atoms with Gasteiger partial charge >= 0.3 is 0 Å². The molecule has 164 valence electrons. The number of aromatic nitrogens is 4. The number of hydrogen-bond donors (Lipinski definition) is 1. The minimum absolute atomic E-state index is 0.0360. The molecule has 0 saturated carbocycles. The lowest BCUT2D eigenvalue weighted by atomic mass is 10.0. The number of fused-ring (bicyclic) bond motifs is 1. The minimum atomic E-state index is -0.838. The van der Waals surface area contributed by atoms with E-state index in [1.807, 2.05) is 38.1 Å². The Morgan fingerprint density at radius 1 is 1.09 bits per heavy atom. The lowest BCUT2D eigenvalue weighted by Crippen LogP contribution is -2.48. The maximum atomic E-state index is 13.5. The lowest BCUT2D eigenvalue weighted by molar-refractivity contribution is -0.143. The number of amides is 2. The Bertz CT molecular complexity index is 1190. The molecule has 4 rings (SSSR count). The van der Waals surface area contributed by atoms with E-state index in [9.17, 15) is 9.59 Å². The molecule has 3 heterocycles. The van der Waals surface area contributed by atoms with Crippen LogP contribution in [-0.4, -0.2) is 42.7 Å². The molecular formula is C23H24N6O3. The fraction of sp³-hybridized carbons (Fsp3) is 0.261. The molecule has 0 saturated heterocycles. The largest absolute Gasteiger partial charge is 0.467 e. The summed E-state index contributed by atoms with van der Waals surface area (Å²) in [4.78, 5) is 32.4. The van der Waals surface area contributed by atoms with Crippen molar-refractivity contribution in [2.45, 2.75) is 39.0 Å². The molecule has 0 unspecified atom stereocenters. The van der Waals surface area contributed by atoms with Crippen molar-refractivity contribution in [3.8, 4) is 0 Å². The van der Waals surface area contributed by atoms with E-state index in [0.717, 1.165) is 5.52 Å². The maximum absolute atomic E-state index is 13.5. The predicted octanol–water partition coefficient (Wildman–Crippen LogP) is 2.71. The molecular weight excluding hydrogens is 408 g/mol. The molecule has 0 radical (unpaired) electrons. The third kappa shape index (κ3) is 4.51. The second-order valence-corrected chi connectivity index (χ2v) is 7.61. The fourth-order valence-corrected chi connectivity index (χ4v) is 3.64. The first-order valence-corrected chi connectivity index (χ1v) is 10.3. The van der Waals surface area contributed by atoms with Crippen LogP contribution in [0, 0.1) is 0 Å². The quantitative estimate of drug-likeness (QED) is 0.459. The first-order chi connectivity index (χ1) is 15.5. The van der Waals surface area contributed by atoms with Gasteiger partial charge in [0.25, 0.3) is 0 Å². The van der Waals surface area contributed by atoms with Gasteiger partial charge in [-0.25, -0.2) is 4.68 Å². The second kappa shape index (κ2) is 9.42. The Kier molecular flexibility index (Phi) is 6.25. The first kappa shape index (κ1) is 21.2. The topological polar surface area (TPSA) is 106 Å². The van der Waals surface area contributed by atoms with Crippen LogP contribution < -0.4 is 5.32 Å². The van der Waals surface area contributed by atoms with Gasteiger partial charge in [-0.2, -0.15) is 0 Å². The number of carbonyl (C=O) groups excluding carboxylic acids is 2. The molecule has 0 spiro atoms. The average molecular weight is 432 g/mol. The Labute approximate surface area is 185 Å². The molecule has 1 atom stereocenters. The fourth-order valence-electron chi connectivity index (χ4n) is 3.64. The van der Waals surface area contributed by atoms with E-state index in [4.69, 9.17) is 4.42 Å². The van der Waals surface area contributed by atoms with Crippen molar-refractivity contribution in [2.75, 3.05) is 0 Å². The van der Waals surface area contributed by atoms with Crippen molar-refractivity contribution in [3.63, 3.8) is 0 Å². The van der Waals surface area contributed by atoms with Gasteiger partial charge < -0.3 is 14.6 Å². The monoisotopic (exact) mass is 432 g/mol. The van der Waals surface area contributed by atoms with Crippen molar-refractivity contribution in [1.29, 1.82) is 0 Å². The summed E-state index contributed by atoms with van der Waals surface area (Å²) < 4.78 is 6.86. The van der Waals surface area contributed by atoms with Crippen molar-refractivity contribution in [2.24, 2.45) is 0 Å². The summed E-state index contributed by atoms with van der Waals surface area (Å²) in [7, 11) is 0. The van der Waals surface area contributed by atoms with E-state index < -0.39 is 6.04 Å². The van der Waals surface area contributed by atoms with E-state index in [2.05, 4.69) is 20.6 Å². The van der Waals surface area contributed by atoms with E-state index in [1.54, 1.807) is 52.5 Å². The highest BCUT2D eigenvalue weighted by atomic mass is 16.3. The smallest absolute Gasteiger partial charge is 0.247 e. The first-order valence-electron chi connectivity index (χ1n) is 10.3. The number of carbonyl (C=O) groups is 2. The van der Waals surface area contributed by atoms with Gasteiger partial charge in [0.2, 0.25) is 11.8 Å². The molecule has 2 amide bonds. The summed E-state index contributed by atoms with van der Waals surface area (Å²) >= 11 is 0. The highest BCUT2D eigenvalue weighted by Gasteiger charge is 2.33. The number of nitrogens with one attached hydrogen (secondary N) is 1. The lowest BCUT2D eigenvalue weighted by Gasteiger charge is -2.34. The zero-order valence-electron chi connectivity index (χ0n) is 17.9. The van der Waals surface area contributed by atoms with Crippen LogP contribution in [0.25, 0.3) is 11.0 Å². The van der Waals surface area contributed by atoms with Gasteiger partial charge in [0.05, 0.1) is 18.3 Å². The van der Waals surface area contributed by atoms with Crippen molar-refractivity contribution in [1.82, 2.24) is 30.2 Å². The Morgan fingerprint density at radius 3 is 2.59 bits per heavy atom. The van der Waals surface area contributed by atoms with Crippen LogP contribution in [0.5, 0.6) is 0 Å². The number of nitrogens with zero attached hydrogens (tertiary/aromatic N) is 5. The van der Waals surface area contributed by atoms with Gasteiger partial charge in [-0.05, 0) is 55.8 Å². The summed E-state index contributed by atoms with van der Waals surface area (Å²) in [5.74, 6) is 0.0760. The Morgan fingerprint density at radius 2 is 1.88 bits per heavy atom. The number of pyridine rings is 1. The van der Waals surface area contributed by atoms with Gasteiger partial charge in [-0.1, -0.05) is 17.3 Å². The van der Waals surface area contributed by atoms with Gasteiger partial charge in [-0.3, -0.25) is 14.6 Å². The summed E-state index contributed by atoms with van der Waals surface area (Å²) in [6.45, 7) is 3.95. The molecule has 4 aromatic rings. The number of furan rings is 1. The number of para-hydroxylation sites is 1. The predicted molar refractivity (Wildman–Crippen MR) is 117 cm³/mol. The molecule has 0 aliphatic heterocycles. The van der Waals surface area contributed by atoms with Gasteiger partial charge in [-0.15, -0.1) is 5.10 Å². The molecule has 9 heteroatoms. The zero-order chi connectivity index (χ0) is 22.5. The molecule has 1 aromatic carbocycles. The molecule has 0 fully saturated rings. The highest BCUT2D eigenvalue weighted by Crippen LogP contribution is 2.24. The minimum Gasteiger partial charge on any atom is -0.467 e. The summed E-state index contributed by atoms with van der Waals surface area (Å²) in [5.41, 5.74) is 2.13. The molecule has 1 N–H and O–H groups in total. The summed E-state index contributed by atoms with van der Waals surface area (Å²) in [6, 6.07) is 13.4. The van der Waals surface area contributed by atoms with Crippen molar-refractivity contribution >= 4 is 22.8 Å². The highest BCUT2D eigenvalue weighted by molar-refractivity contribution is 5.89. The number of benzene rings is 1. The molecule has 0 aliphatic rings. The van der Waals surface area contributed by atoms with E-state index in [-0.39, 0.29) is 30.9 Å². The molecule has 0 aliphatic carbocycles. The zero-order valence-corrected chi connectivity index (χ0v) is 17.9. The number of rotatable bonds is 8. The Hall–Kier alpha value is -4.01. The SMILES string of the molecule is CC(C)N(C(=O)Cn1nnc2ccccc21)[C@@H](C(=O)NCc1ccco1)c1ccncc1. The third-order valence-electron chi connectivity index (χ3n) is 5.11. The van der Waals surface area contributed by atoms with Crippen LogP contribution in [-0.2, 0) is 22.7 Å². The second-order valence-electron chi connectivity index (χ2n) is 7.61. The van der Waals surface area contributed by atoms with Gasteiger partial charge in [0, 0.05) is 18.4 Å². The summed E-state index contributed by atoms with van der Waals surface area (Å²) in [5, 5.41) is 11.1. The van der Waals surface area contributed by atoms with Gasteiger partial charge in [0.15, 0.2) is 0 Å². The van der Waals surface area contributed by atoms with E-state index in [1.165, 1.54) is 0 Å². The van der Waals surface area contributed by atoms with Crippen LogP contribution in [0.1, 0.15) is 31.2 Å². The molecule has 3 aromatic heterocycles. The van der Waals surface area contributed by atoms with Gasteiger partial charge in [0.1, 0.15) is 23.9 Å². The number of hydrogen-bond acceptors (Lipinski definition) is 6. The van der Waals surface area contributed by atoms with Crippen molar-refractivity contribution in [3.05, 3.63) is 78.5 Å². The van der Waals surface area contributed by atoms with Crippen molar-refractivity contribution < 1.29 is 14.0 Å². The van der Waals surface area contributed by atoms with Crippen LogP contribution in [0.4, 0.5) is 0 Å². The van der Waals surface area contributed by atoms with E-state index >= 15 is 0 Å².